The molecule has 1 atom stereocenters. The summed E-state index contributed by atoms with van der Waals surface area (Å²) in [5.41, 5.74) is 1.31. The second-order valence-corrected chi connectivity index (χ2v) is 5.04. The summed E-state index contributed by atoms with van der Waals surface area (Å²) in [6, 6.07) is 4.11. The summed E-state index contributed by atoms with van der Waals surface area (Å²) >= 11 is 0. The monoisotopic (exact) mass is 332 g/mol. The van der Waals surface area contributed by atoms with E-state index in [1.165, 1.54) is 20.3 Å². The lowest BCUT2D eigenvalue weighted by atomic mass is 9.94. The number of nitrogens with one attached hydrogen (secondary N) is 2. The number of benzene rings is 1. The zero-order chi connectivity index (χ0) is 17.7. The molecular formula is C17H20N2O5. The summed E-state index contributed by atoms with van der Waals surface area (Å²) in [6.07, 6.45) is 1.48. The molecule has 0 unspecified atom stereocenters. The second kappa shape index (κ2) is 7.54. The van der Waals surface area contributed by atoms with E-state index in [1.54, 1.807) is 25.1 Å². The summed E-state index contributed by atoms with van der Waals surface area (Å²) in [6.45, 7) is 5.24. The van der Waals surface area contributed by atoms with Crippen LogP contribution in [0.1, 0.15) is 18.5 Å². The second-order valence-electron chi connectivity index (χ2n) is 5.04. The van der Waals surface area contributed by atoms with Gasteiger partial charge in [-0.15, -0.1) is 0 Å². The van der Waals surface area contributed by atoms with Gasteiger partial charge in [-0.25, -0.2) is 9.59 Å². The van der Waals surface area contributed by atoms with Crippen LogP contribution in [-0.2, 0) is 9.53 Å². The minimum Gasteiger partial charge on any atom is -0.493 e. The maximum Gasteiger partial charge on any atom is 0.338 e. The number of carbonyl (C=O) groups is 2. The maximum absolute atomic E-state index is 12.4. The standard InChI is InChI=1S/C17H20N2O5/c1-5-9-24-16(20)13-10(2)18-17(21)19-14(13)11-7-6-8-12(22-3)15(11)23-4/h5-8,14H,1,9H2,2-4H3,(H2,18,19,21)/t14-/m1/s1. The van der Waals surface area contributed by atoms with Crippen LogP contribution < -0.4 is 20.1 Å². The molecule has 1 aliphatic rings. The van der Waals surface area contributed by atoms with Gasteiger partial charge in [0.2, 0.25) is 0 Å². The number of para-hydroxylation sites is 1. The molecule has 7 nitrogen and oxygen atoms in total. The minimum absolute atomic E-state index is 0.0749. The Morgan fingerprint density at radius 1 is 1.33 bits per heavy atom. The predicted octanol–water partition coefficient (Wildman–Crippen LogP) is 2.06. The molecule has 0 saturated heterocycles. The quantitative estimate of drug-likeness (QED) is 0.615. The zero-order valence-corrected chi connectivity index (χ0v) is 13.8. The van der Waals surface area contributed by atoms with E-state index < -0.39 is 18.0 Å². The van der Waals surface area contributed by atoms with Crippen LogP contribution in [0.15, 0.2) is 42.1 Å². The van der Waals surface area contributed by atoms with Crippen molar-refractivity contribution in [2.45, 2.75) is 13.0 Å². The molecule has 0 aromatic heterocycles. The Kier molecular flexibility index (Phi) is 5.47. The van der Waals surface area contributed by atoms with Crippen molar-refractivity contribution in [3.8, 4) is 11.5 Å². The maximum atomic E-state index is 12.4. The molecular weight excluding hydrogens is 312 g/mol. The molecule has 2 N–H and O–H groups in total. The third-order valence-electron chi connectivity index (χ3n) is 3.57. The van der Waals surface area contributed by atoms with Crippen molar-refractivity contribution in [1.82, 2.24) is 10.6 Å². The molecule has 2 rings (SSSR count). The number of rotatable bonds is 6. The van der Waals surface area contributed by atoms with Crippen molar-refractivity contribution in [1.29, 1.82) is 0 Å². The van der Waals surface area contributed by atoms with E-state index in [-0.39, 0.29) is 6.61 Å². The molecule has 24 heavy (non-hydrogen) atoms. The number of urea groups is 1. The van der Waals surface area contributed by atoms with Crippen LogP contribution in [0.3, 0.4) is 0 Å². The topological polar surface area (TPSA) is 85.9 Å². The van der Waals surface area contributed by atoms with E-state index in [4.69, 9.17) is 14.2 Å². The van der Waals surface area contributed by atoms with E-state index in [0.717, 1.165) is 0 Å². The first kappa shape index (κ1) is 17.4. The molecule has 0 spiro atoms. The van der Waals surface area contributed by atoms with Crippen LogP contribution in [0.2, 0.25) is 0 Å². The highest BCUT2D eigenvalue weighted by Gasteiger charge is 2.34. The summed E-state index contributed by atoms with van der Waals surface area (Å²) in [5, 5.41) is 5.31. The van der Waals surface area contributed by atoms with E-state index in [2.05, 4.69) is 17.2 Å². The molecule has 0 fully saturated rings. The first-order valence-corrected chi connectivity index (χ1v) is 7.30. The Balaban J connectivity index is 2.53. The molecule has 1 aliphatic heterocycles. The fraction of sp³-hybridized carbons (Fsp3) is 0.294. The summed E-state index contributed by atoms with van der Waals surface area (Å²) in [7, 11) is 3.01. The fourth-order valence-electron chi connectivity index (χ4n) is 2.55. The van der Waals surface area contributed by atoms with Gasteiger partial charge >= 0.3 is 12.0 Å². The number of hydrogen-bond acceptors (Lipinski definition) is 5. The Bertz CT molecular complexity index is 696. The SMILES string of the molecule is C=CCOC(=O)C1=C(C)NC(=O)N[C@@H]1c1cccc(OC)c1OC. The zero-order valence-electron chi connectivity index (χ0n) is 13.8. The number of ether oxygens (including phenoxy) is 3. The van der Waals surface area contributed by atoms with Gasteiger partial charge in [0.25, 0.3) is 0 Å². The van der Waals surface area contributed by atoms with Crippen LogP contribution in [0.4, 0.5) is 4.79 Å². The minimum atomic E-state index is -0.721. The van der Waals surface area contributed by atoms with Gasteiger partial charge in [-0.1, -0.05) is 24.8 Å². The normalized spacial score (nSPS) is 16.8. The van der Waals surface area contributed by atoms with Gasteiger partial charge in [-0.2, -0.15) is 0 Å². The van der Waals surface area contributed by atoms with Gasteiger partial charge in [-0.05, 0) is 13.0 Å². The van der Waals surface area contributed by atoms with Gasteiger partial charge in [0.05, 0.1) is 25.8 Å². The van der Waals surface area contributed by atoms with Crippen molar-refractivity contribution in [3.05, 3.63) is 47.7 Å². The van der Waals surface area contributed by atoms with Crippen LogP contribution >= 0.6 is 0 Å². The fourth-order valence-corrected chi connectivity index (χ4v) is 2.55. The molecule has 1 heterocycles. The molecule has 0 radical (unpaired) electrons. The number of carbonyl (C=O) groups excluding carboxylic acids is 2. The predicted molar refractivity (Wildman–Crippen MR) is 87.8 cm³/mol. The highest BCUT2D eigenvalue weighted by atomic mass is 16.5. The van der Waals surface area contributed by atoms with Gasteiger partial charge in [0.15, 0.2) is 11.5 Å². The van der Waals surface area contributed by atoms with Crippen molar-refractivity contribution in [2.24, 2.45) is 0 Å². The van der Waals surface area contributed by atoms with Crippen LogP contribution in [0, 0.1) is 0 Å². The van der Waals surface area contributed by atoms with Gasteiger partial charge in [-0.3, -0.25) is 0 Å². The summed E-state index contributed by atoms with van der Waals surface area (Å²) in [4.78, 5) is 24.3. The average Bonchev–Trinajstić information content (AvgIpc) is 2.58. The number of hydrogen-bond donors (Lipinski definition) is 2. The average molecular weight is 332 g/mol. The lowest BCUT2D eigenvalue weighted by Crippen LogP contribution is -2.45. The van der Waals surface area contributed by atoms with Crippen LogP contribution in [0.25, 0.3) is 0 Å². The number of amides is 2. The van der Waals surface area contributed by atoms with Crippen molar-refractivity contribution >= 4 is 12.0 Å². The molecule has 1 aromatic carbocycles. The Labute approximate surface area is 140 Å². The number of esters is 1. The Morgan fingerprint density at radius 2 is 2.08 bits per heavy atom. The van der Waals surface area contributed by atoms with E-state index in [1.807, 2.05) is 0 Å². The Hall–Kier alpha value is -2.96. The van der Waals surface area contributed by atoms with Gasteiger partial charge < -0.3 is 24.8 Å². The molecule has 0 bridgehead atoms. The highest BCUT2D eigenvalue weighted by molar-refractivity contribution is 5.95. The molecule has 0 aliphatic carbocycles. The van der Waals surface area contributed by atoms with Crippen molar-refractivity contribution in [3.63, 3.8) is 0 Å². The molecule has 128 valence electrons. The smallest absolute Gasteiger partial charge is 0.338 e. The van der Waals surface area contributed by atoms with Gasteiger partial charge in [0, 0.05) is 11.3 Å². The summed E-state index contributed by atoms with van der Waals surface area (Å²) in [5.74, 6) is 0.392. The number of methoxy groups -OCH3 is 2. The van der Waals surface area contributed by atoms with E-state index in [9.17, 15) is 9.59 Å². The summed E-state index contributed by atoms with van der Waals surface area (Å²) < 4.78 is 15.8. The highest BCUT2D eigenvalue weighted by Crippen LogP contribution is 2.38. The lowest BCUT2D eigenvalue weighted by molar-refractivity contribution is -0.138. The number of allylic oxidation sites excluding steroid dienone is 1. The lowest BCUT2D eigenvalue weighted by Gasteiger charge is -2.29. The first-order valence-electron chi connectivity index (χ1n) is 7.30. The Morgan fingerprint density at radius 3 is 2.71 bits per heavy atom. The van der Waals surface area contributed by atoms with Crippen molar-refractivity contribution in [2.75, 3.05) is 20.8 Å². The third-order valence-corrected chi connectivity index (χ3v) is 3.57. The largest absolute Gasteiger partial charge is 0.493 e. The van der Waals surface area contributed by atoms with E-state index in [0.29, 0.717) is 28.3 Å². The third kappa shape index (κ3) is 3.34. The molecule has 7 heteroatoms. The van der Waals surface area contributed by atoms with Crippen LogP contribution in [0.5, 0.6) is 11.5 Å². The van der Waals surface area contributed by atoms with Crippen LogP contribution in [-0.4, -0.2) is 32.8 Å². The molecule has 0 saturated carbocycles. The molecule has 1 aromatic rings. The van der Waals surface area contributed by atoms with Gasteiger partial charge in [0.1, 0.15) is 6.61 Å². The van der Waals surface area contributed by atoms with E-state index >= 15 is 0 Å². The first-order chi connectivity index (χ1) is 11.5. The molecule has 2 amide bonds. The van der Waals surface area contributed by atoms with Crippen molar-refractivity contribution < 1.29 is 23.8 Å².